The van der Waals surface area contributed by atoms with E-state index in [9.17, 15) is 4.79 Å². The third-order valence-corrected chi connectivity index (χ3v) is 2.37. The third kappa shape index (κ3) is 2.38. The van der Waals surface area contributed by atoms with Crippen molar-refractivity contribution in [2.75, 3.05) is 0 Å². The lowest BCUT2D eigenvalue weighted by atomic mass is 10.2. The Morgan fingerprint density at radius 1 is 1.35 bits per heavy atom. The highest BCUT2D eigenvalue weighted by molar-refractivity contribution is 6.05. The van der Waals surface area contributed by atoms with E-state index >= 15 is 0 Å². The lowest BCUT2D eigenvalue weighted by molar-refractivity contribution is 0.101. The first kappa shape index (κ1) is 11.4. The molecule has 0 aliphatic heterocycles. The summed E-state index contributed by atoms with van der Waals surface area (Å²) in [5, 5.41) is 4.11. The number of carbonyl (C=O) groups is 1. The summed E-state index contributed by atoms with van der Waals surface area (Å²) in [7, 11) is 0. The second-order valence-electron chi connectivity index (χ2n) is 3.85. The number of nitrogens with zero attached hydrogens (tertiary/aromatic N) is 4. The lowest BCUT2D eigenvalue weighted by Crippen LogP contribution is -2.14. The van der Waals surface area contributed by atoms with Gasteiger partial charge in [-0.3, -0.25) is 9.48 Å². The summed E-state index contributed by atoms with van der Waals surface area (Å²) in [6.07, 6.45) is 5.83. The minimum Gasteiger partial charge on any atom is -0.283 e. The Hall–Kier alpha value is -2.04. The molecule has 17 heavy (non-hydrogen) atoms. The van der Waals surface area contributed by atoms with Crippen LogP contribution in [0.4, 0.5) is 0 Å². The van der Waals surface area contributed by atoms with Crippen molar-refractivity contribution in [3.8, 4) is 0 Å². The van der Waals surface area contributed by atoms with Crippen molar-refractivity contribution in [2.45, 2.75) is 26.8 Å². The Morgan fingerprint density at radius 2 is 2.06 bits per heavy atom. The number of hydrogen-bond donors (Lipinski definition) is 0. The van der Waals surface area contributed by atoms with Gasteiger partial charge >= 0.3 is 0 Å². The van der Waals surface area contributed by atoms with Gasteiger partial charge in [0.15, 0.2) is 0 Å². The minimum atomic E-state index is -0.184. The molecule has 0 aromatic carbocycles. The molecular weight excluding hydrogens is 216 g/mol. The van der Waals surface area contributed by atoms with Gasteiger partial charge in [-0.15, -0.1) is 0 Å². The molecule has 0 unspecified atom stereocenters. The van der Waals surface area contributed by atoms with Crippen LogP contribution in [-0.2, 0) is 6.54 Å². The molecule has 0 saturated heterocycles. The molecule has 5 heteroatoms. The quantitative estimate of drug-likeness (QED) is 0.749. The van der Waals surface area contributed by atoms with Gasteiger partial charge in [-0.05, 0) is 25.0 Å². The van der Waals surface area contributed by atoms with E-state index in [0.29, 0.717) is 5.69 Å². The minimum absolute atomic E-state index is 0.184. The lowest BCUT2D eigenvalue weighted by Gasteiger charge is -2.04. The smallest absolute Gasteiger partial charge is 0.248 e. The van der Waals surface area contributed by atoms with Crippen molar-refractivity contribution >= 4 is 5.78 Å². The van der Waals surface area contributed by atoms with Gasteiger partial charge in [0.25, 0.3) is 0 Å². The van der Waals surface area contributed by atoms with Crippen molar-refractivity contribution < 1.29 is 4.79 Å². The first-order valence-corrected chi connectivity index (χ1v) is 5.57. The van der Waals surface area contributed by atoms with Crippen molar-refractivity contribution in [1.29, 1.82) is 0 Å². The van der Waals surface area contributed by atoms with Gasteiger partial charge < -0.3 is 0 Å². The van der Waals surface area contributed by atoms with Crippen LogP contribution in [0.15, 0.2) is 24.7 Å². The van der Waals surface area contributed by atoms with E-state index in [1.165, 1.54) is 0 Å². The fraction of sp³-hybridized carbons (Fsp3) is 0.333. The van der Waals surface area contributed by atoms with Crippen LogP contribution in [0.25, 0.3) is 0 Å². The largest absolute Gasteiger partial charge is 0.283 e. The summed E-state index contributed by atoms with van der Waals surface area (Å²) in [6, 6.07) is 1.70. The number of hydrogen-bond acceptors (Lipinski definition) is 4. The number of rotatable bonds is 4. The average Bonchev–Trinajstić information content (AvgIpc) is 2.78. The number of aromatic nitrogens is 4. The average molecular weight is 230 g/mol. The van der Waals surface area contributed by atoms with Gasteiger partial charge in [0.2, 0.25) is 11.6 Å². The number of carbonyl (C=O) groups excluding carboxylic acids is 1. The second kappa shape index (κ2) is 4.86. The highest BCUT2D eigenvalue weighted by Gasteiger charge is 2.16. The molecule has 2 rings (SSSR count). The highest BCUT2D eigenvalue weighted by Crippen LogP contribution is 2.06. The molecule has 0 aliphatic carbocycles. The molecule has 2 heterocycles. The van der Waals surface area contributed by atoms with E-state index in [1.807, 2.05) is 13.8 Å². The van der Waals surface area contributed by atoms with Crippen molar-refractivity contribution in [3.63, 3.8) is 0 Å². The van der Waals surface area contributed by atoms with Crippen molar-refractivity contribution in [1.82, 2.24) is 19.7 Å². The van der Waals surface area contributed by atoms with Crippen LogP contribution in [0.2, 0.25) is 0 Å². The van der Waals surface area contributed by atoms with E-state index in [4.69, 9.17) is 0 Å². The van der Waals surface area contributed by atoms with Gasteiger partial charge in [-0.25, -0.2) is 9.97 Å². The molecule has 0 spiro atoms. The topological polar surface area (TPSA) is 60.7 Å². The zero-order valence-corrected chi connectivity index (χ0v) is 9.92. The molecule has 2 aromatic rings. The maximum atomic E-state index is 12.1. The van der Waals surface area contributed by atoms with E-state index < -0.39 is 0 Å². The summed E-state index contributed by atoms with van der Waals surface area (Å²) in [4.78, 5) is 20.2. The van der Waals surface area contributed by atoms with E-state index in [2.05, 4.69) is 15.1 Å². The Balaban J connectivity index is 2.30. The van der Waals surface area contributed by atoms with Crippen LogP contribution >= 0.6 is 0 Å². The third-order valence-electron chi connectivity index (χ3n) is 2.37. The van der Waals surface area contributed by atoms with Gasteiger partial charge in [0, 0.05) is 25.1 Å². The Morgan fingerprint density at radius 3 is 2.71 bits per heavy atom. The monoisotopic (exact) mass is 230 g/mol. The molecule has 0 amide bonds. The molecule has 5 nitrogen and oxygen atoms in total. The fourth-order valence-electron chi connectivity index (χ4n) is 1.54. The Bertz CT molecular complexity index is 516. The Labute approximate surface area is 99.5 Å². The normalized spacial score (nSPS) is 10.5. The van der Waals surface area contributed by atoms with Crippen LogP contribution < -0.4 is 0 Å². The predicted octanol–water partition coefficient (Wildman–Crippen LogP) is 1.62. The summed E-state index contributed by atoms with van der Waals surface area (Å²) in [6.45, 7) is 4.65. The molecule has 0 N–H and O–H groups in total. The molecule has 0 bridgehead atoms. The molecule has 0 radical (unpaired) electrons. The maximum Gasteiger partial charge on any atom is 0.248 e. The van der Waals surface area contributed by atoms with Gasteiger partial charge in [-0.2, -0.15) is 5.10 Å². The molecule has 0 aliphatic rings. The van der Waals surface area contributed by atoms with Gasteiger partial charge in [-0.1, -0.05) is 6.92 Å². The number of ketones is 1. The second-order valence-corrected chi connectivity index (χ2v) is 3.85. The van der Waals surface area contributed by atoms with Gasteiger partial charge in [0.05, 0.1) is 0 Å². The van der Waals surface area contributed by atoms with Crippen molar-refractivity contribution in [3.05, 3.63) is 41.7 Å². The van der Waals surface area contributed by atoms with Crippen LogP contribution in [-0.4, -0.2) is 25.5 Å². The molecule has 88 valence electrons. The highest BCUT2D eigenvalue weighted by atomic mass is 16.1. The van der Waals surface area contributed by atoms with Crippen LogP contribution in [0.5, 0.6) is 0 Å². The molecule has 2 aromatic heterocycles. The summed E-state index contributed by atoms with van der Waals surface area (Å²) < 4.78 is 1.69. The van der Waals surface area contributed by atoms with Crippen molar-refractivity contribution in [2.24, 2.45) is 0 Å². The SMILES string of the molecule is CCCn1nccc1C(=O)c1ncc(C)cn1. The fourth-order valence-corrected chi connectivity index (χ4v) is 1.54. The number of aryl methyl sites for hydroxylation is 2. The predicted molar refractivity (Wildman–Crippen MR) is 62.7 cm³/mol. The van der Waals surface area contributed by atoms with Crippen LogP contribution in [0.3, 0.4) is 0 Å². The summed E-state index contributed by atoms with van der Waals surface area (Å²) in [5.74, 6) is 0.0319. The zero-order valence-electron chi connectivity index (χ0n) is 9.92. The van der Waals surface area contributed by atoms with Gasteiger partial charge in [0.1, 0.15) is 5.69 Å². The van der Waals surface area contributed by atoms with E-state index in [0.717, 1.165) is 18.5 Å². The maximum absolute atomic E-state index is 12.1. The molecule has 0 saturated carbocycles. The summed E-state index contributed by atoms with van der Waals surface area (Å²) >= 11 is 0. The Kier molecular flexibility index (Phi) is 3.27. The van der Waals surface area contributed by atoms with E-state index in [-0.39, 0.29) is 11.6 Å². The first-order chi connectivity index (χ1) is 8.22. The van der Waals surface area contributed by atoms with E-state index in [1.54, 1.807) is 29.3 Å². The zero-order chi connectivity index (χ0) is 12.3. The van der Waals surface area contributed by atoms with Crippen LogP contribution in [0.1, 0.15) is 35.2 Å². The first-order valence-electron chi connectivity index (χ1n) is 5.57. The summed E-state index contributed by atoms with van der Waals surface area (Å²) in [5.41, 5.74) is 1.47. The molecule has 0 atom stereocenters. The standard InChI is InChI=1S/C12H14N4O/c1-3-6-16-10(4-5-15-16)11(17)12-13-7-9(2)8-14-12/h4-5,7-8H,3,6H2,1-2H3. The molecular formula is C12H14N4O. The molecule has 0 fully saturated rings. The van der Waals surface area contributed by atoms with Crippen LogP contribution in [0, 0.1) is 6.92 Å².